The molecule has 0 fully saturated rings. The van der Waals surface area contributed by atoms with E-state index in [9.17, 15) is 4.79 Å². The number of rotatable bonds is 5. The van der Waals surface area contributed by atoms with Gasteiger partial charge in [-0.3, -0.25) is 0 Å². The molecule has 138 valence electrons. The Hall–Kier alpha value is -2.55. The number of hydrogen-bond donors (Lipinski definition) is 0. The van der Waals surface area contributed by atoms with Gasteiger partial charge in [-0.15, -0.1) is 0 Å². The van der Waals surface area contributed by atoms with Crippen LogP contribution in [0.5, 0.6) is 0 Å². The van der Waals surface area contributed by atoms with Crippen LogP contribution < -0.4 is 0 Å². The predicted molar refractivity (Wildman–Crippen MR) is 107 cm³/mol. The number of nitrogens with zero attached hydrogens (tertiary/aromatic N) is 1. The van der Waals surface area contributed by atoms with Crippen molar-refractivity contribution in [2.24, 2.45) is 0 Å². The van der Waals surface area contributed by atoms with Crippen LogP contribution in [0.2, 0.25) is 0 Å². The molecule has 2 aromatic carbocycles. The molecule has 1 amide bonds. The van der Waals surface area contributed by atoms with Gasteiger partial charge in [-0.05, 0) is 38.8 Å². The molecule has 0 aliphatic heterocycles. The Bertz CT molecular complexity index is 677. The molecular weight excluding hydrogens is 322 g/mol. The summed E-state index contributed by atoms with van der Waals surface area (Å²) in [7, 11) is 1.80. The molecule has 2 rings (SSSR count). The zero-order valence-corrected chi connectivity index (χ0v) is 16.3. The van der Waals surface area contributed by atoms with Crippen LogP contribution in [0.1, 0.15) is 44.7 Å². The van der Waals surface area contributed by atoms with Crippen LogP contribution in [0.3, 0.4) is 0 Å². The Kier molecular flexibility index (Phi) is 6.62. The number of allylic oxidation sites excluding steroid dienone is 1. The molecule has 0 N–H and O–H groups in total. The van der Waals surface area contributed by atoms with Gasteiger partial charge in [0.1, 0.15) is 5.60 Å². The van der Waals surface area contributed by atoms with Crippen LogP contribution in [-0.4, -0.2) is 29.7 Å². The summed E-state index contributed by atoms with van der Waals surface area (Å²) in [5.41, 5.74) is 1.80. The van der Waals surface area contributed by atoms with E-state index in [0.29, 0.717) is 0 Å². The molecule has 0 aliphatic carbocycles. The SMILES string of the molecule is CC=CC(C(c1ccccc1)c1ccccc1)N(C)C(=O)OC(C)(C)C. The lowest BCUT2D eigenvalue weighted by Gasteiger charge is -2.34. The molecule has 0 saturated heterocycles. The van der Waals surface area contributed by atoms with Crippen molar-refractivity contribution in [2.75, 3.05) is 7.05 Å². The van der Waals surface area contributed by atoms with E-state index < -0.39 is 5.60 Å². The first-order valence-electron chi connectivity index (χ1n) is 9.02. The smallest absolute Gasteiger partial charge is 0.410 e. The third-order valence-electron chi connectivity index (χ3n) is 4.18. The molecule has 0 bridgehead atoms. The fourth-order valence-corrected chi connectivity index (χ4v) is 3.02. The minimum Gasteiger partial charge on any atom is -0.444 e. The number of amides is 1. The van der Waals surface area contributed by atoms with E-state index in [1.54, 1.807) is 11.9 Å². The first-order valence-corrected chi connectivity index (χ1v) is 9.02. The summed E-state index contributed by atoms with van der Waals surface area (Å²) in [6, 6.07) is 20.4. The Balaban J connectivity index is 2.46. The maximum absolute atomic E-state index is 12.7. The summed E-state index contributed by atoms with van der Waals surface area (Å²) in [5, 5.41) is 0. The number of hydrogen-bond acceptors (Lipinski definition) is 2. The summed E-state index contributed by atoms with van der Waals surface area (Å²) in [5.74, 6) is 0.0196. The zero-order valence-electron chi connectivity index (χ0n) is 16.3. The Labute approximate surface area is 157 Å². The van der Waals surface area contributed by atoms with Gasteiger partial charge in [-0.25, -0.2) is 4.79 Å². The van der Waals surface area contributed by atoms with E-state index in [1.807, 2.05) is 70.2 Å². The highest BCUT2D eigenvalue weighted by atomic mass is 16.6. The summed E-state index contributed by atoms with van der Waals surface area (Å²) < 4.78 is 5.60. The van der Waals surface area contributed by atoms with Crippen LogP contribution in [-0.2, 0) is 4.74 Å². The van der Waals surface area contributed by atoms with Gasteiger partial charge < -0.3 is 9.64 Å². The summed E-state index contributed by atoms with van der Waals surface area (Å²) in [6.45, 7) is 7.63. The molecule has 26 heavy (non-hydrogen) atoms. The second-order valence-electron chi connectivity index (χ2n) is 7.41. The number of ether oxygens (including phenoxy) is 1. The van der Waals surface area contributed by atoms with Crippen LogP contribution in [0.4, 0.5) is 4.79 Å². The molecule has 0 radical (unpaired) electrons. The van der Waals surface area contributed by atoms with E-state index >= 15 is 0 Å². The van der Waals surface area contributed by atoms with Gasteiger partial charge in [0.15, 0.2) is 0 Å². The van der Waals surface area contributed by atoms with Crippen molar-refractivity contribution in [2.45, 2.75) is 45.3 Å². The highest BCUT2D eigenvalue weighted by Gasteiger charge is 2.31. The van der Waals surface area contributed by atoms with Crippen molar-refractivity contribution >= 4 is 6.09 Å². The van der Waals surface area contributed by atoms with E-state index in [0.717, 1.165) is 11.1 Å². The van der Waals surface area contributed by atoms with Gasteiger partial charge in [0.05, 0.1) is 6.04 Å². The topological polar surface area (TPSA) is 29.5 Å². The summed E-state index contributed by atoms with van der Waals surface area (Å²) >= 11 is 0. The average Bonchev–Trinajstić information content (AvgIpc) is 2.61. The van der Waals surface area contributed by atoms with E-state index in [1.165, 1.54) is 0 Å². The monoisotopic (exact) mass is 351 g/mol. The molecule has 3 heteroatoms. The molecule has 2 aromatic rings. The fourth-order valence-electron chi connectivity index (χ4n) is 3.02. The van der Waals surface area contributed by atoms with Crippen molar-refractivity contribution in [1.82, 2.24) is 4.90 Å². The molecule has 1 unspecified atom stereocenters. The highest BCUT2D eigenvalue weighted by Crippen LogP contribution is 2.32. The molecule has 3 nitrogen and oxygen atoms in total. The number of likely N-dealkylation sites (N-methyl/N-ethyl adjacent to an activating group) is 1. The largest absolute Gasteiger partial charge is 0.444 e. The lowest BCUT2D eigenvalue weighted by Crippen LogP contribution is -2.43. The molecule has 1 atom stereocenters. The van der Waals surface area contributed by atoms with Crippen molar-refractivity contribution in [3.8, 4) is 0 Å². The Morgan fingerprint density at radius 3 is 1.81 bits per heavy atom. The van der Waals surface area contributed by atoms with E-state index in [2.05, 4.69) is 30.3 Å². The lowest BCUT2D eigenvalue weighted by atomic mass is 9.84. The van der Waals surface area contributed by atoms with Crippen molar-refractivity contribution < 1.29 is 9.53 Å². The van der Waals surface area contributed by atoms with Crippen LogP contribution in [0.15, 0.2) is 72.8 Å². The summed E-state index contributed by atoms with van der Waals surface area (Å²) in [4.78, 5) is 14.4. The molecule has 0 heterocycles. The van der Waals surface area contributed by atoms with Gasteiger partial charge in [0, 0.05) is 13.0 Å². The first-order chi connectivity index (χ1) is 12.3. The number of benzene rings is 2. The van der Waals surface area contributed by atoms with Crippen molar-refractivity contribution in [1.29, 1.82) is 0 Å². The Morgan fingerprint density at radius 1 is 0.962 bits per heavy atom. The van der Waals surface area contributed by atoms with Gasteiger partial charge in [-0.2, -0.15) is 0 Å². The lowest BCUT2D eigenvalue weighted by molar-refractivity contribution is 0.0245. The quantitative estimate of drug-likeness (QED) is 0.653. The van der Waals surface area contributed by atoms with Gasteiger partial charge in [0.2, 0.25) is 0 Å². The third kappa shape index (κ3) is 5.22. The summed E-state index contributed by atoms with van der Waals surface area (Å²) in [6.07, 6.45) is 3.73. The molecule has 0 saturated carbocycles. The highest BCUT2D eigenvalue weighted by molar-refractivity contribution is 5.69. The first kappa shape index (κ1) is 19.8. The molecule has 0 spiro atoms. The molecule has 0 aliphatic rings. The number of carbonyl (C=O) groups excluding carboxylic acids is 1. The van der Waals surface area contributed by atoms with Crippen molar-refractivity contribution in [3.63, 3.8) is 0 Å². The van der Waals surface area contributed by atoms with Crippen LogP contribution >= 0.6 is 0 Å². The zero-order chi connectivity index (χ0) is 19.2. The van der Waals surface area contributed by atoms with Gasteiger partial charge in [0.25, 0.3) is 0 Å². The average molecular weight is 351 g/mol. The third-order valence-corrected chi connectivity index (χ3v) is 4.18. The van der Waals surface area contributed by atoms with Crippen LogP contribution in [0, 0.1) is 0 Å². The standard InChI is InChI=1S/C23H29NO2/c1-6-13-20(24(5)22(25)26-23(2,3)4)21(18-14-9-7-10-15-18)19-16-11-8-12-17-19/h6-17,20-21H,1-5H3. The molecule has 0 aromatic heterocycles. The van der Waals surface area contributed by atoms with E-state index in [4.69, 9.17) is 4.74 Å². The van der Waals surface area contributed by atoms with Gasteiger partial charge in [-0.1, -0.05) is 72.8 Å². The molecular formula is C23H29NO2. The second kappa shape index (κ2) is 8.70. The maximum Gasteiger partial charge on any atom is 0.410 e. The Morgan fingerprint density at radius 2 is 1.42 bits per heavy atom. The van der Waals surface area contributed by atoms with Gasteiger partial charge >= 0.3 is 6.09 Å². The predicted octanol–water partition coefficient (Wildman–Crippen LogP) is 5.63. The fraction of sp³-hybridized carbons (Fsp3) is 0.348. The van der Waals surface area contributed by atoms with Crippen LogP contribution in [0.25, 0.3) is 0 Å². The normalized spacial score (nSPS) is 13.0. The number of carbonyl (C=O) groups is 1. The second-order valence-corrected chi connectivity index (χ2v) is 7.41. The minimum atomic E-state index is -0.527. The van der Waals surface area contributed by atoms with Crippen molar-refractivity contribution in [3.05, 3.63) is 83.9 Å². The minimum absolute atomic E-state index is 0.0196. The van der Waals surface area contributed by atoms with E-state index in [-0.39, 0.29) is 18.1 Å². The maximum atomic E-state index is 12.7.